The third kappa shape index (κ3) is 3.01. The first-order valence-corrected chi connectivity index (χ1v) is 8.40. The molecule has 1 nitrogen and oxygen atoms in total. The van der Waals surface area contributed by atoms with E-state index in [4.69, 9.17) is 11.6 Å². The second-order valence-electron chi connectivity index (χ2n) is 6.11. The topological polar surface area (TPSA) is 12.4 Å². The number of alkyl halides is 3. The van der Waals surface area contributed by atoms with Gasteiger partial charge in [-0.1, -0.05) is 48.0 Å². The van der Waals surface area contributed by atoms with E-state index in [1.807, 2.05) is 36.4 Å². The molecule has 130 valence electrons. The van der Waals surface area contributed by atoms with E-state index < -0.39 is 11.7 Å². The van der Waals surface area contributed by atoms with Crippen LogP contribution in [-0.2, 0) is 12.7 Å². The fraction of sp³-hybridized carbons (Fsp3) is 0.0952. The highest BCUT2D eigenvalue weighted by Gasteiger charge is 2.30. The lowest BCUT2D eigenvalue weighted by molar-refractivity contribution is -0.137. The summed E-state index contributed by atoms with van der Waals surface area (Å²) in [4.78, 5) is 4.47. The first-order valence-electron chi connectivity index (χ1n) is 8.03. The van der Waals surface area contributed by atoms with Crippen molar-refractivity contribution < 1.29 is 13.2 Å². The molecule has 1 aliphatic heterocycles. The van der Waals surface area contributed by atoms with Crippen LogP contribution < -0.4 is 0 Å². The molecule has 0 N–H and O–H groups in total. The van der Waals surface area contributed by atoms with E-state index in [0.29, 0.717) is 11.6 Å². The average Bonchev–Trinajstić information content (AvgIpc) is 2.79. The maximum absolute atomic E-state index is 12.8. The molecule has 3 aromatic rings. The Bertz CT molecular complexity index is 1000. The minimum Gasteiger partial charge on any atom is -0.288 e. The molecule has 0 amide bonds. The molecule has 0 bridgehead atoms. The summed E-state index contributed by atoms with van der Waals surface area (Å²) >= 11 is 6.08. The van der Waals surface area contributed by atoms with Crippen molar-refractivity contribution in [2.75, 3.05) is 0 Å². The molecule has 0 unspecified atom stereocenters. The molecule has 0 radical (unpaired) electrons. The van der Waals surface area contributed by atoms with E-state index in [1.54, 1.807) is 6.21 Å². The van der Waals surface area contributed by atoms with Crippen LogP contribution in [0.3, 0.4) is 0 Å². The fourth-order valence-corrected chi connectivity index (χ4v) is 3.42. The van der Waals surface area contributed by atoms with Crippen LogP contribution in [0.2, 0.25) is 5.02 Å². The van der Waals surface area contributed by atoms with Gasteiger partial charge in [0, 0.05) is 16.8 Å². The molecule has 0 saturated heterocycles. The molecular weight excluding hydrogens is 359 g/mol. The largest absolute Gasteiger partial charge is 0.416 e. The van der Waals surface area contributed by atoms with Gasteiger partial charge in [-0.3, -0.25) is 4.99 Å². The standard InChI is InChI=1S/C21H13ClF3N/c22-16-8-9-18-14(10-16)11-26-12-20-17(2-1-3-19(18)20)13-4-6-15(7-5-13)21(23,24)25/h1-11H,12H2. The predicted octanol–water partition coefficient (Wildman–Crippen LogP) is 6.63. The maximum Gasteiger partial charge on any atom is 0.416 e. The Balaban J connectivity index is 1.85. The molecule has 0 fully saturated rings. The highest BCUT2D eigenvalue weighted by molar-refractivity contribution is 6.31. The summed E-state index contributed by atoms with van der Waals surface area (Å²) in [6.07, 6.45) is -2.55. The number of rotatable bonds is 1. The van der Waals surface area contributed by atoms with Crippen molar-refractivity contribution in [1.82, 2.24) is 0 Å². The highest BCUT2D eigenvalue weighted by atomic mass is 35.5. The molecule has 0 aliphatic carbocycles. The SMILES string of the molecule is FC(F)(F)c1ccc(-c2cccc3c2CN=Cc2cc(Cl)ccc2-3)cc1. The van der Waals surface area contributed by atoms with Crippen LogP contribution in [0.1, 0.15) is 16.7 Å². The molecule has 1 heterocycles. The number of hydrogen-bond donors (Lipinski definition) is 0. The summed E-state index contributed by atoms with van der Waals surface area (Å²) in [5.41, 5.74) is 4.93. The zero-order valence-corrected chi connectivity index (χ0v) is 14.3. The van der Waals surface area contributed by atoms with Crippen LogP contribution in [0, 0.1) is 0 Å². The molecule has 5 heteroatoms. The maximum atomic E-state index is 12.8. The quantitative estimate of drug-likeness (QED) is 0.455. The van der Waals surface area contributed by atoms with Gasteiger partial charge in [0.15, 0.2) is 0 Å². The summed E-state index contributed by atoms with van der Waals surface area (Å²) in [6, 6.07) is 16.7. The predicted molar refractivity (Wildman–Crippen MR) is 98.6 cm³/mol. The Morgan fingerprint density at radius 2 is 1.58 bits per heavy atom. The molecule has 0 atom stereocenters. The van der Waals surface area contributed by atoms with Crippen molar-refractivity contribution in [2.24, 2.45) is 4.99 Å². The molecular formula is C21H13ClF3N. The number of nitrogens with zero attached hydrogens (tertiary/aromatic N) is 1. The third-order valence-electron chi connectivity index (χ3n) is 4.48. The van der Waals surface area contributed by atoms with Gasteiger partial charge in [0.05, 0.1) is 12.1 Å². The Hall–Kier alpha value is -2.59. The van der Waals surface area contributed by atoms with Crippen molar-refractivity contribution in [3.63, 3.8) is 0 Å². The Morgan fingerprint density at radius 3 is 2.31 bits per heavy atom. The molecule has 4 rings (SSSR count). The van der Waals surface area contributed by atoms with Crippen LogP contribution in [-0.4, -0.2) is 6.21 Å². The van der Waals surface area contributed by atoms with E-state index in [9.17, 15) is 13.2 Å². The van der Waals surface area contributed by atoms with Crippen LogP contribution in [0.15, 0.2) is 65.7 Å². The fourth-order valence-electron chi connectivity index (χ4n) is 3.24. The number of halogens is 4. The van der Waals surface area contributed by atoms with Crippen molar-refractivity contribution in [3.05, 3.63) is 82.4 Å². The summed E-state index contributed by atoms with van der Waals surface area (Å²) in [5, 5.41) is 0.637. The molecule has 26 heavy (non-hydrogen) atoms. The van der Waals surface area contributed by atoms with Crippen LogP contribution >= 0.6 is 11.6 Å². The van der Waals surface area contributed by atoms with E-state index >= 15 is 0 Å². The minimum absolute atomic E-state index is 0.457. The zero-order valence-electron chi connectivity index (χ0n) is 13.5. The van der Waals surface area contributed by atoms with Gasteiger partial charge < -0.3 is 0 Å². The van der Waals surface area contributed by atoms with Gasteiger partial charge in [-0.05, 0) is 52.1 Å². The second-order valence-corrected chi connectivity index (χ2v) is 6.54. The first kappa shape index (κ1) is 16.9. The van der Waals surface area contributed by atoms with Crippen molar-refractivity contribution in [3.8, 4) is 22.3 Å². The van der Waals surface area contributed by atoms with Gasteiger partial charge >= 0.3 is 6.18 Å². The van der Waals surface area contributed by atoms with E-state index in [-0.39, 0.29) is 0 Å². The van der Waals surface area contributed by atoms with E-state index in [0.717, 1.165) is 45.5 Å². The summed E-state index contributed by atoms with van der Waals surface area (Å²) < 4.78 is 38.5. The van der Waals surface area contributed by atoms with Gasteiger partial charge in [-0.2, -0.15) is 13.2 Å². The van der Waals surface area contributed by atoms with Crippen molar-refractivity contribution in [1.29, 1.82) is 0 Å². The van der Waals surface area contributed by atoms with Gasteiger partial charge in [-0.15, -0.1) is 0 Å². The smallest absolute Gasteiger partial charge is 0.288 e. The summed E-state index contributed by atoms with van der Waals surface area (Å²) in [6.45, 7) is 0.457. The monoisotopic (exact) mass is 371 g/mol. The number of benzene rings is 3. The molecule has 0 spiro atoms. The van der Waals surface area contributed by atoms with Crippen LogP contribution in [0.4, 0.5) is 13.2 Å². The average molecular weight is 372 g/mol. The normalized spacial score (nSPS) is 13.1. The van der Waals surface area contributed by atoms with Gasteiger partial charge in [0.2, 0.25) is 0 Å². The lowest BCUT2D eigenvalue weighted by atomic mass is 9.90. The molecule has 3 aromatic carbocycles. The van der Waals surface area contributed by atoms with Crippen molar-refractivity contribution >= 4 is 17.8 Å². The number of hydrogen-bond acceptors (Lipinski definition) is 1. The van der Waals surface area contributed by atoms with E-state index in [2.05, 4.69) is 4.99 Å². The van der Waals surface area contributed by atoms with Crippen LogP contribution in [0.5, 0.6) is 0 Å². The lowest BCUT2D eigenvalue weighted by Crippen LogP contribution is -2.04. The Labute approximate surface area is 153 Å². The lowest BCUT2D eigenvalue weighted by Gasteiger charge is -2.14. The first-order chi connectivity index (χ1) is 12.4. The Morgan fingerprint density at radius 1 is 0.846 bits per heavy atom. The Kier molecular flexibility index (Phi) is 4.08. The third-order valence-corrected chi connectivity index (χ3v) is 4.72. The van der Waals surface area contributed by atoms with Gasteiger partial charge in [-0.25, -0.2) is 0 Å². The number of fused-ring (bicyclic) bond motifs is 3. The molecule has 0 saturated carbocycles. The second kappa shape index (κ2) is 6.29. The minimum atomic E-state index is -4.34. The highest BCUT2D eigenvalue weighted by Crippen LogP contribution is 2.37. The molecule has 0 aromatic heterocycles. The van der Waals surface area contributed by atoms with Crippen molar-refractivity contribution in [2.45, 2.75) is 12.7 Å². The van der Waals surface area contributed by atoms with Gasteiger partial charge in [0.25, 0.3) is 0 Å². The zero-order chi connectivity index (χ0) is 18.3. The van der Waals surface area contributed by atoms with Gasteiger partial charge in [0.1, 0.15) is 0 Å². The van der Waals surface area contributed by atoms with E-state index in [1.165, 1.54) is 12.1 Å². The number of aliphatic imine (C=N–C) groups is 1. The van der Waals surface area contributed by atoms with Crippen LogP contribution in [0.25, 0.3) is 22.3 Å². The summed E-state index contributed by atoms with van der Waals surface area (Å²) in [7, 11) is 0. The molecule has 1 aliphatic rings. The summed E-state index contributed by atoms with van der Waals surface area (Å²) in [5.74, 6) is 0.